The first-order chi connectivity index (χ1) is 11.1. The summed E-state index contributed by atoms with van der Waals surface area (Å²) in [6.07, 6.45) is 3.85. The molecule has 1 amide bonds. The van der Waals surface area contributed by atoms with E-state index >= 15 is 0 Å². The number of carbonyl (C=O) groups excluding carboxylic acids is 2. The molecule has 0 bridgehead atoms. The van der Waals surface area contributed by atoms with Gasteiger partial charge >= 0.3 is 5.97 Å². The molecule has 1 aliphatic rings. The summed E-state index contributed by atoms with van der Waals surface area (Å²) in [6.45, 7) is 5.71. The van der Waals surface area contributed by atoms with Gasteiger partial charge in [0.1, 0.15) is 0 Å². The third kappa shape index (κ3) is 5.08. The van der Waals surface area contributed by atoms with Crippen LogP contribution in [0.3, 0.4) is 0 Å². The van der Waals surface area contributed by atoms with E-state index in [0.29, 0.717) is 26.1 Å². The van der Waals surface area contributed by atoms with E-state index in [1.54, 1.807) is 0 Å². The highest BCUT2D eigenvalue weighted by Gasteiger charge is 2.27. The van der Waals surface area contributed by atoms with E-state index in [4.69, 9.17) is 4.74 Å². The van der Waals surface area contributed by atoms with Gasteiger partial charge in [-0.3, -0.25) is 9.59 Å². The first-order valence-corrected chi connectivity index (χ1v) is 8.60. The van der Waals surface area contributed by atoms with E-state index in [2.05, 4.69) is 19.1 Å². The summed E-state index contributed by atoms with van der Waals surface area (Å²) in [5, 5.41) is 0. The maximum Gasteiger partial charge on any atom is 0.309 e. The van der Waals surface area contributed by atoms with Crippen LogP contribution in [0, 0.1) is 12.8 Å². The van der Waals surface area contributed by atoms with Crippen LogP contribution in [0.2, 0.25) is 0 Å². The number of piperidine rings is 1. The van der Waals surface area contributed by atoms with E-state index in [0.717, 1.165) is 25.7 Å². The van der Waals surface area contributed by atoms with Crippen molar-refractivity contribution in [3.8, 4) is 0 Å². The molecule has 1 saturated heterocycles. The fourth-order valence-electron chi connectivity index (χ4n) is 3.10. The highest BCUT2D eigenvalue weighted by atomic mass is 16.5. The van der Waals surface area contributed by atoms with Crippen molar-refractivity contribution < 1.29 is 14.3 Å². The van der Waals surface area contributed by atoms with Gasteiger partial charge in [0.15, 0.2) is 0 Å². The smallest absolute Gasteiger partial charge is 0.309 e. The Kier molecular flexibility index (Phi) is 6.63. The molecule has 0 saturated carbocycles. The van der Waals surface area contributed by atoms with Crippen LogP contribution in [0.1, 0.15) is 43.7 Å². The summed E-state index contributed by atoms with van der Waals surface area (Å²) in [5.74, 6) is 0.0611. The summed E-state index contributed by atoms with van der Waals surface area (Å²) >= 11 is 0. The number of amides is 1. The molecule has 0 aromatic heterocycles. The molecule has 1 fully saturated rings. The zero-order valence-corrected chi connectivity index (χ0v) is 14.2. The van der Waals surface area contributed by atoms with Crippen LogP contribution in [0.5, 0.6) is 0 Å². The molecule has 0 radical (unpaired) electrons. The SMILES string of the molecule is CCOC(=O)C1CCN(C(=O)CCCc2ccccc2C)CC1. The summed E-state index contributed by atoms with van der Waals surface area (Å²) in [5.41, 5.74) is 2.61. The number of esters is 1. The van der Waals surface area contributed by atoms with E-state index in [-0.39, 0.29) is 17.8 Å². The monoisotopic (exact) mass is 317 g/mol. The Bertz CT molecular complexity index is 533. The number of likely N-dealkylation sites (tertiary alicyclic amines) is 1. The topological polar surface area (TPSA) is 46.6 Å². The Morgan fingerprint density at radius 2 is 1.91 bits per heavy atom. The number of nitrogens with zero attached hydrogens (tertiary/aromatic N) is 1. The Morgan fingerprint density at radius 3 is 2.57 bits per heavy atom. The van der Waals surface area contributed by atoms with Crippen molar-refractivity contribution in [3.05, 3.63) is 35.4 Å². The molecule has 1 heterocycles. The number of aryl methyl sites for hydroxylation is 2. The Labute approximate surface area is 138 Å². The van der Waals surface area contributed by atoms with Crippen LogP contribution in [-0.4, -0.2) is 36.5 Å². The van der Waals surface area contributed by atoms with Crippen LogP contribution in [-0.2, 0) is 20.7 Å². The normalized spacial score (nSPS) is 15.5. The molecular formula is C19H27NO3. The summed E-state index contributed by atoms with van der Waals surface area (Å²) in [4.78, 5) is 25.9. The van der Waals surface area contributed by atoms with Gasteiger partial charge in [-0.25, -0.2) is 0 Å². The molecular weight excluding hydrogens is 290 g/mol. The van der Waals surface area contributed by atoms with Gasteiger partial charge in [-0.1, -0.05) is 24.3 Å². The lowest BCUT2D eigenvalue weighted by atomic mass is 9.96. The lowest BCUT2D eigenvalue weighted by Gasteiger charge is -2.31. The van der Waals surface area contributed by atoms with Crippen LogP contribution in [0.4, 0.5) is 0 Å². The highest BCUT2D eigenvalue weighted by molar-refractivity contribution is 5.77. The molecule has 0 aliphatic carbocycles. The van der Waals surface area contributed by atoms with Crippen molar-refractivity contribution >= 4 is 11.9 Å². The van der Waals surface area contributed by atoms with Crippen LogP contribution in [0.15, 0.2) is 24.3 Å². The molecule has 0 atom stereocenters. The van der Waals surface area contributed by atoms with Gasteiger partial charge in [0.25, 0.3) is 0 Å². The fourth-order valence-corrected chi connectivity index (χ4v) is 3.10. The van der Waals surface area contributed by atoms with Gasteiger partial charge in [-0.2, -0.15) is 0 Å². The molecule has 1 aliphatic heterocycles. The predicted octanol–water partition coefficient (Wildman–Crippen LogP) is 3.12. The van der Waals surface area contributed by atoms with Crippen molar-refractivity contribution in [1.82, 2.24) is 4.90 Å². The molecule has 0 spiro atoms. The van der Waals surface area contributed by atoms with E-state index < -0.39 is 0 Å². The molecule has 2 rings (SSSR count). The zero-order valence-electron chi connectivity index (χ0n) is 14.2. The molecule has 126 valence electrons. The van der Waals surface area contributed by atoms with E-state index in [9.17, 15) is 9.59 Å². The third-order valence-corrected chi connectivity index (χ3v) is 4.57. The molecule has 0 N–H and O–H groups in total. The predicted molar refractivity (Wildman–Crippen MR) is 90.1 cm³/mol. The summed E-state index contributed by atoms with van der Waals surface area (Å²) in [6, 6.07) is 8.32. The molecule has 4 heteroatoms. The minimum atomic E-state index is -0.112. The first-order valence-electron chi connectivity index (χ1n) is 8.60. The van der Waals surface area contributed by atoms with Gasteiger partial charge in [-0.05, 0) is 50.7 Å². The fraction of sp³-hybridized carbons (Fsp3) is 0.579. The van der Waals surface area contributed by atoms with E-state index in [1.807, 2.05) is 24.0 Å². The zero-order chi connectivity index (χ0) is 16.7. The van der Waals surface area contributed by atoms with Crippen molar-refractivity contribution in [1.29, 1.82) is 0 Å². The second kappa shape index (κ2) is 8.70. The van der Waals surface area contributed by atoms with Crippen molar-refractivity contribution in [3.63, 3.8) is 0 Å². The van der Waals surface area contributed by atoms with Gasteiger partial charge < -0.3 is 9.64 Å². The first kappa shape index (κ1) is 17.5. The van der Waals surface area contributed by atoms with Crippen LogP contribution >= 0.6 is 0 Å². The van der Waals surface area contributed by atoms with Gasteiger partial charge in [-0.15, -0.1) is 0 Å². The number of hydrogen-bond acceptors (Lipinski definition) is 3. The Balaban J connectivity index is 1.71. The number of carbonyl (C=O) groups is 2. The number of hydrogen-bond donors (Lipinski definition) is 0. The minimum Gasteiger partial charge on any atom is -0.466 e. The van der Waals surface area contributed by atoms with Crippen molar-refractivity contribution in [2.45, 2.75) is 46.0 Å². The molecule has 1 aromatic rings. The van der Waals surface area contributed by atoms with Gasteiger partial charge in [0.2, 0.25) is 5.91 Å². The molecule has 23 heavy (non-hydrogen) atoms. The average molecular weight is 317 g/mol. The van der Waals surface area contributed by atoms with Crippen molar-refractivity contribution in [2.75, 3.05) is 19.7 Å². The third-order valence-electron chi connectivity index (χ3n) is 4.57. The molecule has 4 nitrogen and oxygen atoms in total. The second-order valence-corrected chi connectivity index (χ2v) is 6.19. The average Bonchev–Trinajstić information content (AvgIpc) is 2.57. The maximum atomic E-state index is 12.3. The molecule has 0 unspecified atom stereocenters. The van der Waals surface area contributed by atoms with Gasteiger partial charge in [0.05, 0.1) is 12.5 Å². The quantitative estimate of drug-likeness (QED) is 0.757. The second-order valence-electron chi connectivity index (χ2n) is 6.19. The standard InChI is InChI=1S/C19H27NO3/c1-3-23-19(22)17-11-13-20(14-12-17)18(21)10-6-9-16-8-5-4-7-15(16)2/h4-5,7-8,17H,3,6,9-14H2,1-2H3. The number of ether oxygens (including phenoxy) is 1. The Hall–Kier alpha value is -1.84. The lowest BCUT2D eigenvalue weighted by Crippen LogP contribution is -2.40. The number of rotatable bonds is 6. The van der Waals surface area contributed by atoms with Crippen molar-refractivity contribution in [2.24, 2.45) is 5.92 Å². The van der Waals surface area contributed by atoms with E-state index in [1.165, 1.54) is 11.1 Å². The highest BCUT2D eigenvalue weighted by Crippen LogP contribution is 2.20. The Morgan fingerprint density at radius 1 is 1.22 bits per heavy atom. The number of benzene rings is 1. The summed E-state index contributed by atoms with van der Waals surface area (Å²) in [7, 11) is 0. The largest absolute Gasteiger partial charge is 0.466 e. The van der Waals surface area contributed by atoms with Gasteiger partial charge in [0, 0.05) is 19.5 Å². The van der Waals surface area contributed by atoms with Crippen LogP contribution < -0.4 is 0 Å². The minimum absolute atomic E-state index is 0.0361. The lowest BCUT2D eigenvalue weighted by molar-refractivity contribution is -0.151. The molecule has 1 aromatic carbocycles. The summed E-state index contributed by atoms with van der Waals surface area (Å²) < 4.78 is 5.06. The van der Waals surface area contributed by atoms with Crippen LogP contribution in [0.25, 0.3) is 0 Å². The maximum absolute atomic E-state index is 12.3.